The minimum absolute atomic E-state index is 0.0801. The molecule has 2 heterocycles. The number of carboxylic acid groups (broad SMARTS) is 1. The number of nitrogens with one attached hydrogen (secondary N) is 1. The monoisotopic (exact) mass is 258 g/mol. The number of para-hydroxylation sites is 1. The van der Waals surface area contributed by atoms with Crippen LogP contribution in [0.4, 0.5) is 0 Å². The van der Waals surface area contributed by atoms with Crippen LogP contribution in [0.2, 0.25) is 0 Å². The second kappa shape index (κ2) is 4.42. The maximum Gasteiger partial charge on any atom is 0.353 e. The highest BCUT2D eigenvalue weighted by Crippen LogP contribution is 2.36. The van der Waals surface area contributed by atoms with Crippen molar-refractivity contribution in [2.45, 2.75) is 25.9 Å². The topological polar surface area (TPSA) is 75.2 Å². The van der Waals surface area contributed by atoms with Crippen LogP contribution in [0.15, 0.2) is 24.3 Å². The Hall–Kier alpha value is -2.30. The fourth-order valence-electron chi connectivity index (χ4n) is 2.31. The Morgan fingerprint density at radius 1 is 1.53 bits per heavy atom. The lowest BCUT2D eigenvalue weighted by atomic mass is 9.98. The van der Waals surface area contributed by atoms with E-state index in [-0.39, 0.29) is 11.8 Å². The first-order chi connectivity index (χ1) is 9.15. The number of fused-ring (bicyclic) bond motifs is 1. The number of nitrogens with zero attached hydrogens (tertiary/aromatic N) is 1. The van der Waals surface area contributed by atoms with Crippen LogP contribution in [0.1, 0.15) is 29.4 Å². The number of ether oxygens (including phenoxy) is 1. The predicted molar refractivity (Wildman–Crippen MR) is 69.4 cm³/mol. The van der Waals surface area contributed by atoms with E-state index in [1.807, 2.05) is 25.1 Å². The minimum Gasteiger partial charge on any atom is -0.490 e. The van der Waals surface area contributed by atoms with Gasteiger partial charge in [0.15, 0.2) is 0 Å². The van der Waals surface area contributed by atoms with Gasteiger partial charge in [0.2, 0.25) is 0 Å². The van der Waals surface area contributed by atoms with E-state index in [9.17, 15) is 4.79 Å². The summed E-state index contributed by atoms with van der Waals surface area (Å²) >= 11 is 0. The molecule has 0 radical (unpaired) electrons. The van der Waals surface area contributed by atoms with Gasteiger partial charge >= 0.3 is 5.97 Å². The van der Waals surface area contributed by atoms with Crippen LogP contribution in [-0.2, 0) is 6.42 Å². The van der Waals surface area contributed by atoms with Gasteiger partial charge in [-0.05, 0) is 37.5 Å². The third-order valence-electron chi connectivity index (χ3n) is 3.32. The van der Waals surface area contributed by atoms with Gasteiger partial charge in [0.25, 0.3) is 0 Å². The number of aromatic amines is 1. The molecule has 0 saturated heterocycles. The molecular formula is C14H14N2O3. The number of H-pyrrole nitrogens is 1. The standard InChI is InChI=1S/C14H14N2O3/c1-8-5-6-9-3-2-4-10(13(9)19-8)11-7-12(14(17)18)16-15-11/h2-4,7-8H,5-6H2,1H3,(H,15,16)(H,17,18). The van der Waals surface area contributed by atoms with E-state index in [2.05, 4.69) is 10.2 Å². The number of aromatic nitrogens is 2. The first kappa shape index (κ1) is 11.8. The Kier molecular flexibility index (Phi) is 2.74. The summed E-state index contributed by atoms with van der Waals surface area (Å²) in [5, 5.41) is 15.5. The summed E-state index contributed by atoms with van der Waals surface area (Å²) in [5.74, 6) is -0.192. The van der Waals surface area contributed by atoms with Gasteiger partial charge in [0.1, 0.15) is 11.4 Å². The second-order valence-electron chi connectivity index (χ2n) is 4.73. The van der Waals surface area contributed by atoms with Gasteiger partial charge in [-0.15, -0.1) is 0 Å². The summed E-state index contributed by atoms with van der Waals surface area (Å²) in [6.45, 7) is 2.03. The second-order valence-corrected chi connectivity index (χ2v) is 4.73. The number of hydrogen-bond donors (Lipinski definition) is 2. The third kappa shape index (κ3) is 2.07. The van der Waals surface area contributed by atoms with Crippen molar-refractivity contribution in [2.24, 2.45) is 0 Å². The van der Waals surface area contributed by atoms with Crippen molar-refractivity contribution in [1.82, 2.24) is 10.2 Å². The van der Waals surface area contributed by atoms with Crippen molar-refractivity contribution in [2.75, 3.05) is 0 Å². The van der Waals surface area contributed by atoms with Crippen LogP contribution in [0.3, 0.4) is 0 Å². The van der Waals surface area contributed by atoms with Gasteiger partial charge in [-0.1, -0.05) is 12.1 Å². The number of carboxylic acids is 1. The number of rotatable bonds is 2. The molecule has 1 aliphatic heterocycles. The molecule has 2 N–H and O–H groups in total. The molecule has 1 aliphatic rings. The summed E-state index contributed by atoms with van der Waals surface area (Å²) in [7, 11) is 0. The van der Waals surface area contributed by atoms with Gasteiger partial charge in [-0.2, -0.15) is 5.10 Å². The van der Waals surface area contributed by atoms with E-state index in [0.717, 1.165) is 29.7 Å². The zero-order chi connectivity index (χ0) is 13.4. The van der Waals surface area contributed by atoms with E-state index in [1.165, 1.54) is 6.07 Å². The third-order valence-corrected chi connectivity index (χ3v) is 3.32. The average molecular weight is 258 g/mol. The van der Waals surface area contributed by atoms with Crippen LogP contribution in [0, 0.1) is 0 Å². The van der Waals surface area contributed by atoms with Crippen molar-refractivity contribution >= 4 is 5.97 Å². The molecule has 0 spiro atoms. The minimum atomic E-state index is -1.02. The maximum atomic E-state index is 10.9. The van der Waals surface area contributed by atoms with Crippen LogP contribution in [0.5, 0.6) is 5.75 Å². The van der Waals surface area contributed by atoms with Crippen LogP contribution in [0.25, 0.3) is 11.3 Å². The Bertz CT molecular complexity index is 633. The normalized spacial score (nSPS) is 17.6. The van der Waals surface area contributed by atoms with Gasteiger partial charge in [-0.3, -0.25) is 5.10 Å². The number of benzene rings is 1. The molecular weight excluding hydrogens is 244 g/mol. The van der Waals surface area contributed by atoms with Gasteiger partial charge in [-0.25, -0.2) is 4.79 Å². The lowest BCUT2D eigenvalue weighted by molar-refractivity contribution is 0.0690. The molecule has 1 aromatic heterocycles. The molecule has 1 atom stereocenters. The molecule has 0 fully saturated rings. The molecule has 0 aliphatic carbocycles. The lowest BCUT2D eigenvalue weighted by Crippen LogP contribution is -2.19. The van der Waals surface area contributed by atoms with Gasteiger partial charge in [0, 0.05) is 5.56 Å². The average Bonchev–Trinajstić information content (AvgIpc) is 2.87. The summed E-state index contributed by atoms with van der Waals surface area (Å²) in [6.07, 6.45) is 2.14. The first-order valence-electron chi connectivity index (χ1n) is 6.23. The highest BCUT2D eigenvalue weighted by Gasteiger charge is 2.21. The molecule has 0 bridgehead atoms. The van der Waals surface area contributed by atoms with E-state index < -0.39 is 5.97 Å². The molecule has 2 aromatic rings. The van der Waals surface area contributed by atoms with Crippen molar-refractivity contribution in [1.29, 1.82) is 0 Å². The molecule has 19 heavy (non-hydrogen) atoms. The van der Waals surface area contributed by atoms with Crippen molar-refractivity contribution in [3.05, 3.63) is 35.5 Å². The van der Waals surface area contributed by atoms with Gasteiger partial charge in [0.05, 0.1) is 11.8 Å². The molecule has 0 saturated carbocycles. The summed E-state index contributed by atoms with van der Waals surface area (Å²) in [5.41, 5.74) is 2.67. The molecule has 5 nitrogen and oxygen atoms in total. The molecule has 0 amide bonds. The maximum absolute atomic E-state index is 10.9. The summed E-state index contributed by atoms with van der Waals surface area (Å²) < 4.78 is 5.89. The van der Waals surface area contributed by atoms with Crippen LogP contribution < -0.4 is 4.74 Å². The van der Waals surface area contributed by atoms with Crippen molar-refractivity contribution in [3.63, 3.8) is 0 Å². The molecule has 3 rings (SSSR count). The number of aromatic carboxylic acids is 1. The fourth-order valence-corrected chi connectivity index (χ4v) is 2.31. The highest BCUT2D eigenvalue weighted by atomic mass is 16.5. The largest absolute Gasteiger partial charge is 0.490 e. The van der Waals surface area contributed by atoms with E-state index in [1.54, 1.807) is 0 Å². The Morgan fingerprint density at radius 2 is 2.37 bits per heavy atom. The number of hydrogen-bond acceptors (Lipinski definition) is 3. The van der Waals surface area contributed by atoms with Crippen molar-refractivity contribution in [3.8, 4) is 17.0 Å². The lowest BCUT2D eigenvalue weighted by Gasteiger charge is -2.25. The van der Waals surface area contributed by atoms with Crippen LogP contribution >= 0.6 is 0 Å². The smallest absolute Gasteiger partial charge is 0.353 e. The fraction of sp³-hybridized carbons (Fsp3) is 0.286. The molecule has 98 valence electrons. The predicted octanol–water partition coefficient (Wildman–Crippen LogP) is 2.49. The highest BCUT2D eigenvalue weighted by molar-refractivity contribution is 5.87. The van der Waals surface area contributed by atoms with E-state index in [0.29, 0.717) is 5.69 Å². The van der Waals surface area contributed by atoms with E-state index >= 15 is 0 Å². The van der Waals surface area contributed by atoms with Gasteiger partial charge < -0.3 is 9.84 Å². The Labute approximate surface area is 110 Å². The van der Waals surface area contributed by atoms with Crippen molar-refractivity contribution < 1.29 is 14.6 Å². The first-order valence-corrected chi connectivity index (χ1v) is 6.23. The zero-order valence-electron chi connectivity index (χ0n) is 10.5. The number of aryl methyl sites for hydroxylation is 1. The SMILES string of the molecule is CC1CCc2cccc(-c3cc(C(=O)O)[nH]n3)c2O1. The number of carbonyl (C=O) groups is 1. The summed E-state index contributed by atoms with van der Waals surface area (Å²) in [4.78, 5) is 10.9. The molecule has 5 heteroatoms. The Balaban J connectivity index is 2.07. The summed E-state index contributed by atoms with van der Waals surface area (Å²) in [6, 6.07) is 7.41. The molecule has 1 unspecified atom stereocenters. The Morgan fingerprint density at radius 3 is 3.11 bits per heavy atom. The van der Waals surface area contributed by atoms with Crippen LogP contribution in [-0.4, -0.2) is 27.4 Å². The van der Waals surface area contributed by atoms with E-state index in [4.69, 9.17) is 9.84 Å². The zero-order valence-corrected chi connectivity index (χ0v) is 10.5. The molecule has 1 aromatic carbocycles. The quantitative estimate of drug-likeness (QED) is 0.867.